The average molecular weight is 432 g/mol. The molecule has 0 bridgehead atoms. The van der Waals surface area contributed by atoms with Gasteiger partial charge in [0.1, 0.15) is 0 Å². The Morgan fingerprint density at radius 1 is 0.478 bits per heavy atom. The van der Waals surface area contributed by atoms with E-state index in [0.29, 0.717) is 0 Å². The summed E-state index contributed by atoms with van der Waals surface area (Å²) in [5.41, 5.74) is 0. The predicted molar refractivity (Wildman–Crippen MR) is 115 cm³/mol. The normalized spacial score (nSPS) is 10.5. The Morgan fingerprint density at radius 3 is 1.09 bits per heavy atom. The van der Waals surface area contributed by atoms with E-state index in [2.05, 4.69) is 39.4 Å². The topological polar surface area (TPSA) is 0 Å². The fraction of sp³-hybridized carbons (Fsp3) is 0.909. The van der Waals surface area contributed by atoms with Crippen molar-refractivity contribution in [1.29, 1.82) is 0 Å². The molecular formula is C22H41I. The summed E-state index contributed by atoms with van der Waals surface area (Å²) < 4.78 is 2.94. The second kappa shape index (κ2) is 22.3. The Balaban J connectivity index is 2.95. The maximum atomic E-state index is 3.14. The second-order valence-corrected chi connectivity index (χ2v) is 7.57. The lowest BCUT2D eigenvalue weighted by molar-refractivity contribution is 0.525. The Morgan fingerprint density at radius 2 is 0.783 bits per heavy atom. The maximum Gasteiger partial charge on any atom is 0.0181 e. The zero-order valence-corrected chi connectivity index (χ0v) is 18.0. The van der Waals surface area contributed by atoms with Gasteiger partial charge >= 0.3 is 0 Å². The lowest BCUT2D eigenvalue weighted by Crippen LogP contribution is -1.84. The molecule has 0 aromatic heterocycles. The fourth-order valence-corrected chi connectivity index (χ4v) is 3.43. The van der Waals surface area contributed by atoms with E-state index in [1.165, 1.54) is 116 Å². The summed E-state index contributed by atoms with van der Waals surface area (Å²) in [6.45, 7) is 2.30. The lowest BCUT2D eigenvalue weighted by Gasteiger charge is -2.03. The minimum Gasteiger partial charge on any atom is -0.0919 e. The molecule has 0 spiro atoms. The summed E-state index contributed by atoms with van der Waals surface area (Å²) in [4.78, 5) is 0. The van der Waals surface area contributed by atoms with Gasteiger partial charge < -0.3 is 0 Å². The highest BCUT2D eigenvalue weighted by Crippen LogP contribution is 2.14. The smallest absolute Gasteiger partial charge is 0.0181 e. The van der Waals surface area contributed by atoms with Crippen LogP contribution in [0.3, 0.4) is 0 Å². The summed E-state index contributed by atoms with van der Waals surface area (Å²) in [6.07, 6.45) is 27.1. The van der Waals surface area contributed by atoms with Gasteiger partial charge in [0.05, 0.1) is 0 Å². The van der Waals surface area contributed by atoms with Crippen molar-refractivity contribution in [3.8, 4) is 9.85 Å². The first kappa shape index (κ1) is 23.3. The first-order valence-corrected chi connectivity index (χ1v) is 11.6. The second-order valence-electron chi connectivity index (χ2n) is 7.03. The summed E-state index contributed by atoms with van der Waals surface area (Å²) in [6, 6.07) is 0. The molecule has 0 heterocycles. The van der Waals surface area contributed by atoms with Gasteiger partial charge in [-0.05, 0) is 10.3 Å². The van der Waals surface area contributed by atoms with Gasteiger partial charge in [0.25, 0.3) is 0 Å². The SMILES string of the molecule is CCCCCCCCCCCCCCCCCCCCC#CI. The van der Waals surface area contributed by atoms with Gasteiger partial charge in [0, 0.05) is 29.0 Å². The van der Waals surface area contributed by atoms with Crippen LogP contribution in [0.1, 0.15) is 129 Å². The van der Waals surface area contributed by atoms with Crippen molar-refractivity contribution in [2.24, 2.45) is 0 Å². The molecule has 136 valence electrons. The maximum absolute atomic E-state index is 3.14. The van der Waals surface area contributed by atoms with E-state index in [1.807, 2.05) is 0 Å². The highest BCUT2D eigenvalue weighted by atomic mass is 127. The molecule has 0 aromatic carbocycles. The summed E-state index contributed by atoms with van der Waals surface area (Å²) in [5, 5.41) is 0. The third kappa shape index (κ3) is 22.3. The minimum atomic E-state index is 1.10. The van der Waals surface area contributed by atoms with Gasteiger partial charge in [-0.15, -0.1) is 0 Å². The average Bonchev–Trinajstić information content (AvgIpc) is 2.57. The van der Waals surface area contributed by atoms with Crippen molar-refractivity contribution >= 4 is 22.6 Å². The first-order valence-electron chi connectivity index (χ1n) is 10.5. The fourth-order valence-electron chi connectivity index (χ4n) is 3.16. The summed E-state index contributed by atoms with van der Waals surface area (Å²) in [7, 11) is 0. The Labute approximate surface area is 161 Å². The highest BCUT2D eigenvalue weighted by Gasteiger charge is 1.94. The van der Waals surface area contributed by atoms with Crippen molar-refractivity contribution in [3.63, 3.8) is 0 Å². The summed E-state index contributed by atoms with van der Waals surface area (Å²) >= 11 is 2.13. The molecule has 0 radical (unpaired) electrons. The van der Waals surface area contributed by atoms with Crippen LogP contribution in [-0.4, -0.2) is 0 Å². The third-order valence-corrected chi connectivity index (χ3v) is 5.10. The lowest BCUT2D eigenvalue weighted by atomic mass is 10.0. The van der Waals surface area contributed by atoms with Gasteiger partial charge in [0.2, 0.25) is 0 Å². The van der Waals surface area contributed by atoms with Crippen molar-refractivity contribution in [1.82, 2.24) is 0 Å². The van der Waals surface area contributed by atoms with Crippen molar-refractivity contribution in [2.75, 3.05) is 0 Å². The number of halogens is 1. The van der Waals surface area contributed by atoms with Crippen LogP contribution in [0.2, 0.25) is 0 Å². The van der Waals surface area contributed by atoms with Crippen molar-refractivity contribution in [2.45, 2.75) is 129 Å². The molecule has 0 rings (SSSR count). The van der Waals surface area contributed by atoms with Gasteiger partial charge in [-0.3, -0.25) is 0 Å². The van der Waals surface area contributed by atoms with Crippen molar-refractivity contribution in [3.05, 3.63) is 0 Å². The molecule has 0 atom stereocenters. The van der Waals surface area contributed by atoms with E-state index in [-0.39, 0.29) is 0 Å². The number of rotatable bonds is 18. The Hall–Kier alpha value is 0.290. The minimum absolute atomic E-state index is 1.10. The van der Waals surface area contributed by atoms with Crippen LogP contribution in [-0.2, 0) is 0 Å². The molecule has 0 saturated carbocycles. The van der Waals surface area contributed by atoms with E-state index in [4.69, 9.17) is 0 Å². The Kier molecular flexibility index (Phi) is 22.6. The molecule has 0 unspecified atom stereocenters. The van der Waals surface area contributed by atoms with Crippen LogP contribution in [0.5, 0.6) is 0 Å². The molecular weight excluding hydrogens is 391 g/mol. The molecule has 1 heteroatoms. The number of unbranched alkanes of at least 4 members (excludes halogenated alkanes) is 18. The monoisotopic (exact) mass is 432 g/mol. The van der Waals surface area contributed by atoms with E-state index >= 15 is 0 Å². The van der Waals surface area contributed by atoms with E-state index in [1.54, 1.807) is 0 Å². The zero-order chi connectivity index (χ0) is 16.8. The molecule has 0 aliphatic rings. The molecule has 0 nitrogen and oxygen atoms in total. The van der Waals surface area contributed by atoms with E-state index < -0.39 is 0 Å². The molecule has 0 aliphatic heterocycles. The molecule has 0 amide bonds. The number of hydrogen-bond acceptors (Lipinski definition) is 0. The molecule has 0 N–H and O–H groups in total. The van der Waals surface area contributed by atoms with Gasteiger partial charge in [-0.2, -0.15) is 0 Å². The van der Waals surface area contributed by atoms with Crippen LogP contribution in [0.15, 0.2) is 0 Å². The zero-order valence-electron chi connectivity index (χ0n) is 15.8. The van der Waals surface area contributed by atoms with Crippen LogP contribution >= 0.6 is 22.6 Å². The van der Waals surface area contributed by atoms with Crippen molar-refractivity contribution < 1.29 is 0 Å². The Bertz CT molecular complexity index is 261. The molecule has 23 heavy (non-hydrogen) atoms. The quantitative estimate of drug-likeness (QED) is 0.115. The molecule has 0 aliphatic carbocycles. The number of hydrogen-bond donors (Lipinski definition) is 0. The first-order chi connectivity index (χ1) is 11.4. The van der Waals surface area contributed by atoms with Gasteiger partial charge in [-0.1, -0.05) is 122 Å². The molecule has 0 fully saturated rings. The highest BCUT2D eigenvalue weighted by molar-refractivity contribution is 14.1. The largest absolute Gasteiger partial charge is 0.0919 e. The van der Waals surface area contributed by atoms with Crippen LogP contribution in [0, 0.1) is 9.85 Å². The van der Waals surface area contributed by atoms with Gasteiger partial charge in [-0.25, -0.2) is 0 Å². The van der Waals surface area contributed by atoms with Gasteiger partial charge in [0.15, 0.2) is 0 Å². The molecule has 0 aromatic rings. The standard InChI is InChI=1S/C22H41I/c1-2-3-4-5-6-7-8-9-10-11-12-13-14-15-16-17-18-19-20-21-22-23/h2-20H2,1H3. The van der Waals surface area contributed by atoms with Crippen LogP contribution in [0.25, 0.3) is 0 Å². The van der Waals surface area contributed by atoms with Crippen LogP contribution < -0.4 is 0 Å². The van der Waals surface area contributed by atoms with E-state index in [0.717, 1.165) is 6.42 Å². The third-order valence-electron chi connectivity index (χ3n) is 4.72. The predicted octanol–water partition coefficient (Wildman–Crippen LogP) is 8.81. The summed E-state index contributed by atoms with van der Waals surface area (Å²) in [5.74, 6) is 3.14. The molecule has 0 saturated heterocycles. The van der Waals surface area contributed by atoms with E-state index in [9.17, 15) is 0 Å². The van der Waals surface area contributed by atoms with Crippen LogP contribution in [0.4, 0.5) is 0 Å².